The van der Waals surface area contributed by atoms with Gasteiger partial charge >= 0.3 is 0 Å². The molecule has 0 bridgehead atoms. The van der Waals surface area contributed by atoms with Crippen LogP contribution in [0.2, 0.25) is 0 Å². The zero-order valence-electron chi connectivity index (χ0n) is 16.9. The number of hydrogen-bond donors (Lipinski definition) is 1. The van der Waals surface area contributed by atoms with E-state index in [1.807, 2.05) is 31.2 Å². The van der Waals surface area contributed by atoms with Crippen molar-refractivity contribution < 1.29 is 9.72 Å². The average molecular weight is 401 g/mol. The monoisotopic (exact) mass is 401 g/mol. The van der Waals surface area contributed by atoms with Gasteiger partial charge in [0.25, 0.3) is 11.6 Å². The summed E-state index contributed by atoms with van der Waals surface area (Å²) in [5, 5.41) is 14.5. The number of carbonyl (C=O) groups excluding carboxylic acids is 1. The fourth-order valence-electron chi connectivity index (χ4n) is 3.97. The van der Waals surface area contributed by atoms with Gasteiger partial charge in [0, 0.05) is 35.1 Å². The molecule has 6 nitrogen and oxygen atoms in total. The maximum absolute atomic E-state index is 13.3. The summed E-state index contributed by atoms with van der Waals surface area (Å²) in [6.07, 6.45) is 0.754. The van der Waals surface area contributed by atoms with Gasteiger partial charge in [-0.25, -0.2) is 0 Å². The normalized spacial score (nSPS) is 17.9. The van der Waals surface area contributed by atoms with E-state index in [2.05, 4.69) is 36.5 Å². The van der Waals surface area contributed by atoms with Gasteiger partial charge in [0.2, 0.25) is 0 Å². The van der Waals surface area contributed by atoms with Crippen LogP contribution in [0, 0.1) is 17.0 Å². The molecule has 4 rings (SSSR count). The number of nitro groups is 1. The van der Waals surface area contributed by atoms with Gasteiger partial charge in [0.15, 0.2) is 0 Å². The first-order chi connectivity index (χ1) is 14.4. The lowest BCUT2D eigenvalue weighted by Gasteiger charge is -2.40. The zero-order valence-corrected chi connectivity index (χ0v) is 16.9. The Morgan fingerprint density at radius 2 is 1.70 bits per heavy atom. The van der Waals surface area contributed by atoms with Crippen molar-refractivity contribution in [2.24, 2.45) is 0 Å². The quantitative estimate of drug-likeness (QED) is 0.463. The van der Waals surface area contributed by atoms with E-state index in [1.165, 1.54) is 29.8 Å². The van der Waals surface area contributed by atoms with Crippen LogP contribution in [0.3, 0.4) is 0 Å². The molecule has 0 unspecified atom stereocenters. The summed E-state index contributed by atoms with van der Waals surface area (Å²) in [4.78, 5) is 25.5. The highest BCUT2D eigenvalue weighted by molar-refractivity contribution is 6.07. The van der Waals surface area contributed by atoms with Gasteiger partial charge in [0.05, 0.1) is 11.0 Å². The highest BCUT2D eigenvalue weighted by Crippen LogP contribution is 2.39. The van der Waals surface area contributed by atoms with E-state index in [0.717, 1.165) is 23.4 Å². The summed E-state index contributed by atoms with van der Waals surface area (Å²) in [5.41, 5.74) is 4.59. The molecular weight excluding hydrogens is 378 g/mol. The van der Waals surface area contributed by atoms with Gasteiger partial charge in [-0.15, -0.1) is 0 Å². The van der Waals surface area contributed by atoms with Crippen LogP contribution >= 0.6 is 0 Å². The van der Waals surface area contributed by atoms with Gasteiger partial charge in [-0.2, -0.15) is 0 Å². The fraction of sp³-hybridized carbons (Fsp3) is 0.208. The van der Waals surface area contributed by atoms with Gasteiger partial charge < -0.3 is 10.2 Å². The maximum atomic E-state index is 13.3. The van der Waals surface area contributed by atoms with Crippen LogP contribution in [-0.2, 0) is 0 Å². The molecule has 0 aromatic heterocycles. The molecule has 1 N–H and O–H groups in total. The number of nitro benzene ring substituents is 1. The molecule has 2 atom stereocenters. The third-order valence-corrected chi connectivity index (χ3v) is 5.53. The first-order valence-corrected chi connectivity index (χ1v) is 9.94. The number of nitrogens with zero attached hydrogens (tertiary/aromatic N) is 2. The standard InChI is InChI=1S/C24H23N3O3/c1-16-7-11-19(12-8-16)25-22-15-17(2)26(23-6-4-3-5-21(22)23)24(28)18-9-13-20(14-10-18)27(29)30/h3-14,17,22,25H,15H2,1-2H3/t17-,22-/m1/s1. The summed E-state index contributed by atoms with van der Waals surface area (Å²) in [6, 6.07) is 22.0. The lowest BCUT2D eigenvalue weighted by molar-refractivity contribution is -0.384. The van der Waals surface area contributed by atoms with Gasteiger partial charge in [-0.05, 0) is 56.2 Å². The lowest BCUT2D eigenvalue weighted by atomic mass is 9.90. The number of carbonyl (C=O) groups is 1. The second-order valence-corrected chi connectivity index (χ2v) is 7.69. The summed E-state index contributed by atoms with van der Waals surface area (Å²) < 4.78 is 0. The number of nitrogens with one attached hydrogen (secondary N) is 1. The highest BCUT2D eigenvalue weighted by atomic mass is 16.6. The van der Waals surface area contributed by atoms with E-state index in [9.17, 15) is 14.9 Å². The predicted molar refractivity (Wildman–Crippen MR) is 118 cm³/mol. The molecule has 3 aromatic rings. The molecule has 0 saturated carbocycles. The lowest BCUT2D eigenvalue weighted by Crippen LogP contribution is -2.44. The summed E-state index contributed by atoms with van der Waals surface area (Å²) in [5.74, 6) is -0.154. The topological polar surface area (TPSA) is 75.5 Å². The Bertz CT molecular complexity index is 1080. The predicted octanol–water partition coefficient (Wildman–Crippen LogP) is 5.50. The highest BCUT2D eigenvalue weighted by Gasteiger charge is 2.34. The first-order valence-electron chi connectivity index (χ1n) is 9.94. The van der Waals surface area contributed by atoms with Crippen LogP contribution in [-0.4, -0.2) is 16.9 Å². The third-order valence-electron chi connectivity index (χ3n) is 5.53. The number of rotatable bonds is 4. The number of non-ortho nitro benzene ring substituents is 1. The van der Waals surface area contributed by atoms with Crippen molar-refractivity contribution >= 4 is 23.0 Å². The van der Waals surface area contributed by atoms with Crippen molar-refractivity contribution in [3.63, 3.8) is 0 Å². The van der Waals surface area contributed by atoms with Crippen molar-refractivity contribution in [3.8, 4) is 0 Å². The van der Waals surface area contributed by atoms with Crippen molar-refractivity contribution in [2.75, 3.05) is 10.2 Å². The van der Waals surface area contributed by atoms with E-state index in [-0.39, 0.29) is 23.7 Å². The summed E-state index contributed by atoms with van der Waals surface area (Å²) in [6.45, 7) is 4.09. The largest absolute Gasteiger partial charge is 0.378 e. The van der Waals surface area contributed by atoms with Gasteiger partial charge in [-0.1, -0.05) is 35.9 Å². The molecule has 1 heterocycles. The fourth-order valence-corrected chi connectivity index (χ4v) is 3.97. The van der Waals surface area contributed by atoms with E-state index in [1.54, 1.807) is 4.90 Å². The second-order valence-electron chi connectivity index (χ2n) is 7.69. The molecule has 0 aliphatic carbocycles. The van der Waals surface area contributed by atoms with Crippen LogP contribution < -0.4 is 10.2 Å². The number of benzene rings is 3. The van der Waals surface area contributed by atoms with Crippen LogP contribution in [0.25, 0.3) is 0 Å². The number of aryl methyl sites for hydroxylation is 1. The minimum Gasteiger partial charge on any atom is -0.378 e. The van der Waals surface area contributed by atoms with E-state index >= 15 is 0 Å². The Labute approximate surface area is 175 Å². The van der Waals surface area contributed by atoms with Gasteiger partial charge in [-0.3, -0.25) is 14.9 Å². The van der Waals surface area contributed by atoms with Crippen molar-refractivity contribution in [2.45, 2.75) is 32.4 Å². The smallest absolute Gasteiger partial charge is 0.269 e. The second kappa shape index (κ2) is 7.99. The minimum absolute atomic E-state index is 0.0268. The molecule has 152 valence electrons. The minimum atomic E-state index is -0.464. The summed E-state index contributed by atoms with van der Waals surface area (Å²) in [7, 11) is 0. The number of hydrogen-bond acceptors (Lipinski definition) is 4. The average Bonchev–Trinajstić information content (AvgIpc) is 2.75. The van der Waals surface area contributed by atoms with Crippen molar-refractivity contribution in [1.82, 2.24) is 0 Å². The number of para-hydroxylation sites is 1. The molecule has 1 aliphatic heterocycles. The maximum Gasteiger partial charge on any atom is 0.269 e. The van der Waals surface area contributed by atoms with Crippen LogP contribution in [0.4, 0.5) is 17.1 Å². The first kappa shape index (κ1) is 19.6. The summed E-state index contributed by atoms with van der Waals surface area (Å²) >= 11 is 0. The van der Waals surface area contributed by atoms with Crippen LogP contribution in [0.15, 0.2) is 72.8 Å². The Kier molecular flexibility index (Phi) is 5.23. The molecule has 3 aromatic carbocycles. The Morgan fingerprint density at radius 3 is 2.37 bits per heavy atom. The molecular formula is C24H23N3O3. The Balaban J connectivity index is 1.65. The number of anilines is 2. The molecule has 1 amide bonds. The van der Waals surface area contributed by atoms with Gasteiger partial charge in [0.1, 0.15) is 0 Å². The van der Waals surface area contributed by atoms with Crippen molar-refractivity contribution in [3.05, 3.63) is 99.6 Å². The van der Waals surface area contributed by atoms with E-state index in [4.69, 9.17) is 0 Å². The Morgan fingerprint density at radius 1 is 1.03 bits per heavy atom. The molecule has 0 saturated heterocycles. The zero-order chi connectivity index (χ0) is 21.3. The molecule has 0 fully saturated rings. The Hall–Kier alpha value is -3.67. The van der Waals surface area contributed by atoms with Crippen LogP contribution in [0.5, 0.6) is 0 Å². The van der Waals surface area contributed by atoms with Crippen molar-refractivity contribution in [1.29, 1.82) is 0 Å². The molecule has 0 radical (unpaired) electrons. The third kappa shape index (κ3) is 3.76. The van der Waals surface area contributed by atoms with Crippen LogP contribution in [0.1, 0.15) is 40.9 Å². The molecule has 6 heteroatoms. The molecule has 1 aliphatic rings. The van der Waals surface area contributed by atoms with E-state index in [0.29, 0.717) is 5.56 Å². The molecule has 0 spiro atoms. The number of fused-ring (bicyclic) bond motifs is 1. The number of amides is 1. The SMILES string of the molecule is Cc1ccc(N[C@@H]2C[C@@H](C)N(C(=O)c3ccc([N+](=O)[O-])cc3)c3ccccc32)cc1. The molecule has 30 heavy (non-hydrogen) atoms. The van der Waals surface area contributed by atoms with E-state index < -0.39 is 4.92 Å².